The number of morpholine rings is 1. The van der Waals surface area contributed by atoms with Crippen LogP contribution in [0, 0.1) is 5.82 Å². The van der Waals surface area contributed by atoms with Crippen LogP contribution in [0.2, 0.25) is 5.02 Å². The third-order valence-electron chi connectivity index (χ3n) is 6.67. The minimum atomic E-state index is -1.14. The van der Waals surface area contributed by atoms with E-state index in [0.717, 1.165) is 6.07 Å². The maximum absolute atomic E-state index is 13.8. The molecule has 3 aliphatic rings. The zero-order valence-electron chi connectivity index (χ0n) is 19.4. The van der Waals surface area contributed by atoms with E-state index in [4.69, 9.17) is 16.3 Å². The summed E-state index contributed by atoms with van der Waals surface area (Å²) in [6.45, 7) is 2.80. The zero-order valence-corrected chi connectivity index (χ0v) is 21.0. The highest BCUT2D eigenvalue weighted by atomic mass is 35.5. The molecule has 0 radical (unpaired) electrons. The molecule has 190 valence electrons. The Morgan fingerprint density at radius 1 is 1.33 bits per heavy atom. The molecular weight excluding hydrogens is 509 g/mol. The van der Waals surface area contributed by atoms with E-state index in [0.29, 0.717) is 54.7 Å². The van der Waals surface area contributed by atoms with E-state index >= 15 is 0 Å². The normalized spacial score (nSPS) is 26.2. The number of benzene rings is 1. The van der Waals surface area contributed by atoms with Crippen molar-refractivity contribution in [1.82, 2.24) is 20.5 Å². The number of hydrogen-bond acceptors (Lipinski definition) is 8. The van der Waals surface area contributed by atoms with Gasteiger partial charge in [-0.2, -0.15) is 0 Å². The fourth-order valence-electron chi connectivity index (χ4n) is 5.21. The summed E-state index contributed by atoms with van der Waals surface area (Å²) in [5.41, 5.74) is 0.922. The smallest absolute Gasteiger partial charge is 0.335 e. The van der Waals surface area contributed by atoms with Gasteiger partial charge in [0.2, 0.25) is 5.91 Å². The number of amides is 1. The summed E-state index contributed by atoms with van der Waals surface area (Å²) in [7, 11) is 0. The van der Waals surface area contributed by atoms with E-state index in [9.17, 15) is 19.1 Å². The first-order valence-corrected chi connectivity index (χ1v) is 12.8. The van der Waals surface area contributed by atoms with Gasteiger partial charge in [0.1, 0.15) is 11.9 Å². The minimum Gasteiger partial charge on any atom is -0.478 e. The van der Waals surface area contributed by atoms with Gasteiger partial charge in [-0.25, -0.2) is 14.2 Å². The summed E-state index contributed by atoms with van der Waals surface area (Å²) < 4.78 is 19.6. The van der Waals surface area contributed by atoms with Crippen molar-refractivity contribution < 1.29 is 23.8 Å². The van der Waals surface area contributed by atoms with Crippen LogP contribution in [0.1, 0.15) is 36.4 Å². The van der Waals surface area contributed by atoms with Crippen molar-refractivity contribution in [3.05, 3.63) is 62.5 Å². The van der Waals surface area contributed by atoms with Crippen LogP contribution >= 0.6 is 22.9 Å². The lowest BCUT2D eigenvalue weighted by Gasteiger charge is -2.49. The Labute approximate surface area is 216 Å². The molecule has 0 spiro atoms. The Morgan fingerprint density at radius 2 is 2.08 bits per heavy atom. The second kappa shape index (κ2) is 10.3. The maximum Gasteiger partial charge on any atom is 0.335 e. The molecule has 12 heteroatoms. The van der Waals surface area contributed by atoms with Crippen molar-refractivity contribution >= 4 is 40.6 Å². The van der Waals surface area contributed by atoms with Gasteiger partial charge in [-0.1, -0.05) is 17.7 Å². The SMILES string of the molecule is CC(=O)NC1C[C@H]2COC[C@@H](C1)N2CC1=C(C(=O)O)[C@H](c2ccc(F)cc2Cl)N=C(c2nccs2)N1. The third kappa shape index (κ3) is 5.01. The first-order valence-electron chi connectivity index (χ1n) is 11.6. The Bertz CT molecular complexity index is 1220. The Hall–Kier alpha value is -2.86. The van der Waals surface area contributed by atoms with Gasteiger partial charge in [0.25, 0.3) is 0 Å². The van der Waals surface area contributed by atoms with Crippen molar-refractivity contribution in [2.75, 3.05) is 19.8 Å². The van der Waals surface area contributed by atoms with E-state index < -0.39 is 17.8 Å². The van der Waals surface area contributed by atoms with Gasteiger partial charge in [0, 0.05) is 59.5 Å². The molecule has 5 rings (SSSR count). The number of carboxylic acid groups (broad SMARTS) is 1. The fraction of sp³-hybridized carbons (Fsp3) is 0.417. The van der Waals surface area contributed by atoms with Crippen molar-refractivity contribution in [2.24, 2.45) is 4.99 Å². The van der Waals surface area contributed by atoms with E-state index in [2.05, 4.69) is 25.5 Å². The Morgan fingerprint density at radius 3 is 2.69 bits per heavy atom. The lowest BCUT2D eigenvalue weighted by Crippen LogP contribution is -2.61. The van der Waals surface area contributed by atoms with Gasteiger partial charge in [0.15, 0.2) is 10.8 Å². The van der Waals surface area contributed by atoms with Crippen molar-refractivity contribution in [1.29, 1.82) is 0 Å². The molecule has 2 fully saturated rings. The molecule has 2 aromatic rings. The molecule has 3 aliphatic heterocycles. The number of carbonyl (C=O) groups is 2. The minimum absolute atomic E-state index is 0.00809. The summed E-state index contributed by atoms with van der Waals surface area (Å²) in [6.07, 6.45) is 3.05. The first-order chi connectivity index (χ1) is 17.3. The number of ether oxygens (including phenoxy) is 1. The van der Waals surface area contributed by atoms with Crippen LogP contribution in [0.5, 0.6) is 0 Å². The highest BCUT2D eigenvalue weighted by Gasteiger charge is 2.41. The number of hydrogen-bond donors (Lipinski definition) is 3. The predicted molar refractivity (Wildman–Crippen MR) is 133 cm³/mol. The fourth-order valence-corrected chi connectivity index (χ4v) is 6.06. The standard InChI is InChI=1S/C24H25ClFN5O4S/c1-12(32)28-14-7-15-10-35-11-16(8-14)31(15)9-19-20(24(33)34)21(17-3-2-13(26)6-18(17)25)30-22(29-19)23-27-4-5-36-23/h2-6,14-16,21H,7-11H2,1H3,(H,28,32)(H,29,30)(H,33,34)/t14?,15-,16+,21-/m0/s1. The van der Waals surface area contributed by atoms with E-state index in [1.165, 1.54) is 30.4 Å². The number of aliphatic carboxylic acids is 1. The molecule has 0 saturated carbocycles. The number of aliphatic imine (C=N–C) groups is 1. The van der Waals surface area contributed by atoms with Gasteiger partial charge < -0.3 is 20.5 Å². The van der Waals surface area contributed by atoms with Gasteiger partial charge in [-0.05, 0) is 25.0 Å². The van der Waals surface area contributed by atoms with Crippen LogP contribution in [0.25, 0.3) is 0 Å². The number of halogens is 2. The number of amidine groups is 1. The molecule has 1 aromatic carbocycles. The largest absolute Gasteiger partial charge is 0.478 e. The number of carboxylic acids is 1. The topological polar surface area (TPSA) is 116 Å². The molecule has 2 saturated heterocycles. The number of thiazole rings is 1. The average molecular weight is 534 g/mol. The quantitative estimate of drug-likeness (QED) is 0.523. The van der Waals surface area contributed by atoms with Crippen LogP contribution < -0.4 is 10.6 Å². The number of nitrogens with zero attached hydrogens (tertiary/aromatic N) is 3. The molecule has 9 nitrogen and oxygen atoms in total. The highest BCUT2D eigenvalue weighted by molar-refractivity contribution is 7.11. The summed E-state index contributed by atoms with van der Waals surface area (Å²) in [5.74, 6) is -1.29. The van der Waals surface area contributed by atoms with Crippen molar-refractivity contribution in [3.63, 3.8) is 0 Å². The van der Waals surface area contributed by atoms with Crippen molar-refractivity contribution in [2.45, 2.75) is 43.9 Å². The monoisotopic (exact) mass is 533 g/mol. The van der Waals surface area contributed by atoms with Crippen LogP contribution in [0.4, 0.5) is 4.39 Å². The molecule has 1 unspecified atom stereocenters. The molecular formula is C24H25ClFN5O4S. The van der Waals surface area contributed by atoms with Gasteiger partial charge in [-0.15, -0.1) is 11.3 Å². The second-order valence-electron chi connectivity index (χ2n) is 9.09. The van der Waals surface area contributed by atoms with Gasteiger partial charge in [-0.3, -0.25) is 14.7 Å². The molecule has 1 aromatic heterocycles. The van der Waals surface area contributed by atoms with Gasteiger partial charge >= 0.3 is 5.97 Å². The average Bonchev–Trinajstić information content (AvgIpc) is 3.33. The van der Waals surface area contributed by atoms with Crippen LogP contribution in [-0.2, 0) is 14.3 Å². The summed E-state index contributed by atoms with van der Waals surface area (Å²) in [6, 6.07) is 2.99. The molecule has 4 heterocycles. The molecule has 36 heavy (non-hydrogen) atoms. The number of nitrogens with one attached hydrogen (secondary N) is 2. The van der Waals surface area contributed by atoms with Crippen molar-refractivity contribution in [3.8, 4) is 0 Å². The summed E-state index contributed by atoms with van der Waals surface area (Å²) in [4.78, 5) is 35.5. The number of aromatic nitrogens is 1. The summed E-state index contributed by atoms with van der Waals surface area (Å²) in [5, 5.41) is 19.0. The Kier molecular flexibility index (Phi) is 7.07. The lowest BCUT2D eigenvalue weighted by atomic mass is 9.88. The first kappa shape index (κ1) is 24.8. The summed E-state index contributed by atoms with van der Waals surface area (Å²) >= 11 is 7.73. The number of fused-ring (bicyclic) bond motifs is 2. The second-order valence-corrected chi connectivity index (χ2v) is 10.4. The number of carbonyl (C=O) groups excluding carboxylic acids is 1. The molecule has 1 amide bonds. The third-order valence-corrected chi connectivity index (χ3v) is 7.78. The van der Waals surface area contributed by atoms with Crippen LogP contribution in [0.15, 0.2) is 46.0 Å². The van der Waals surface area contributed by atoms with E-state index in [1.807, 2.05) is 5.38 Å². The van der Waals surface area contributed by atoms with Crippen LogP contribution in [0.3, 0.4) is 0 Å². The molecule has 4 atom stereocenters. The predicted octanol–water partition coefficient (Wildman–Crippen LogP) is 2.73. The Balaban J connectivity index is 1.53. The zero-order chi connectivity index (χ0) is 25.4. The van der Waals surface area contributed by atoms with Gasteiger partial charge in [0.05, 0.1) is 18.8 Å². The van der Waals surface area contributed by atoms with E-state index in [-0.39, 0.29) is 34.6 Å². The molecule has 3 N–H and O–H groups in total. The number of rotatable bonds is 6. The number of piperidine rings is 1. The highest BCUT2D eigenvalue weighted by Crippen LogP contribution is 2.37. The molecule has 0 aliphatic carbocycles. The maximum atomic E-state index is 13.8. The lowest BCUT2D eigenvalue weighted by molar-refractivity contribution is -0.133. The molecule has 2 bridgehead atoms. The van der Waals surface area contributed by atoms with Crippen LogP contribution in [-0.4, -0.2) is 70.6 Å². The van der Waals surface area contributed by atoms with E-state index in [1.54, 1.807) is 6.20 Å².